The van der Waals surface area contributed by atoms with E-state index in [2.05, 4.69) is 15.1 Å². The first-order valence-electron chi connectivity index (χ1n) is 8.48. The van der Waals surface area contributed by atoms with Gasteiger partial charge in [0.2, 0.25) is 0 Å². The molecule has 0 aliphatic carbocycles. The molecule has 1 heterocycles. The molecule has 0 unspecified atom stereocenters. The minimum Gasteiger partial charge on any atom is -0.411 e. The molecule has 2 aromatic carbocycles. The zero-order chi connectivity index (χ0) is 21.0. The van der Waals surface area contributed by atoms with Gasteiger partial charge in [-0.25, -0.2) is 17.8 Å². The number of sulfone groups is 1. The van der Waals surface area contributed by atoms with Gasteiger partial charge in [-0.1, -0.05) is 41.0 Å². The van der Waals surface area contributed by atoms with Gasteiger partial charge in [-0.15, -0.1) is 0 Å². The maximum Gasteiger partial charge on any atom is 0.182 e. The summed E-state index contributed by atoms with van der Waals surface area (Å²) in [5.41, 5.74) is 1.95. The lowest BCUT2D eigenvalue weighted by Crippen LogP contribution is -2.06. The molecule has 3 rings (SSSR count). The Morgan fingerprint density at radius 2 is 2.10 bits per heavy atom. The number of rotatable bonds is 6. The fraction of sp³-hybridized carbons (Fsp3) is 0.100. The van der Waals surface area contributed by atoms with E-state index in [-0.39, 0.29) is 15.5 Å². The van der Waals surface area contributed by atoms with Crippen LogP contribution in [0.1, 0.15) is 18.3 Å². The highest BCUT2D eigenvalue weighted by molar-refractivity contribution is 7.90. The molecule has 0 saturated heterocycles. The largest absolute Gasteiger partial charge is 0.411 e. The number of fused-ring (bicyclic) bond motifs is 1. The van der Waals surface area contributed by atoms with E-state index in [4.69, 9.17) is 16.8 Å². The lowest BCUT2D eigenvalue weighted by molar-refractivity contribution is 0.322. The lowest BCUT2D eigenvalue weighted by Gasteiger charge is -2.06. The Morgan fingerprint density at radius 1 is 1.31 bits per heavy atom. The molecule has 6 nitrogen and oxygen atoms in total. The summed E-state index contributed by atoms with van der Waals surface area (Å²) >= 11 is 5.74. The quantitative estimate of drug-likeness (QED) is 0.254. The van der Waals surface area contributed by atoms with Crippen LogP contribution in [0.3, 0.4) is 0 Å². The van der Waals surface area contributed by atoms with Gasteiger partial charge in [-0.2, -0.15) is 0 Å². The van der Waals surface area contributed by atoms with Crippen LogP contribution in [0.4, 0.5) is 4.39 Å². The van der Waals surface area contributed by atoms with Gasteiger partial charge in [0.25, 0.3) is 0 Å². The van der Waals surface area contributed by atoms with Crippen molar-refractivity contribution < 1.29 is 18.0 Å². The number of aromatic nitrogens is 2. The van der Waals surface area contributed by atoms with Crippen LogP contribution in [0, 0.1) is 5.82 Å². The standard InChI is InChI=1S/C20H17ClFN3O3S/c1-13(5-2-3-10-23-26)20-24-17-9-8-15(11-18(17)25-20)29(27,28)12-14-6-4-7-16(21)19(14)22/h2-11,26H,12H2,1H3,(H,24,25)/b3-2-,13-5+,23-10+. The van der Waals surface area contributed by atoms with Crippen molar-refractivity contribution in [3.8, 4) is 0 Å². The summed E-state index contributed by atoms with van der Waals surface area (Å²) in [7, 11) is -3.79. The van der Waals surface area contributed by atoms with Crippen molar-refractivity contribution in [1.29, 1.82) is 0 Å². The summed E-state index contributed by atoms with van der Waals surface area (Å²) < 4.78 is 39.6. The minimum absolute atomic E-state index is 0.0114. The Bertz CT molecular complexity index is 1250. The van der Waals surface area contributed by atoms with Crippen molar-refractivity contribution in [3.63, 3.8) is 0 Å². The first-order valence-corrected chi connectivity index (χ1v) is 10.5. The number of hydrogen-bond acceptors (Lipinski definition) is 5. The molecule has 2 N–H and O–H groups in total. The molecular formula is C20H17ClFN3O3S. The second kappa shape index (κ2) is 8.59. The minimum atomic E-state index is -3.79. The van der Waals surface area contributed by atoms with E-state index >= 15 is 0 Å². The molecular weight excluding hydrogens is 417 g/mol. The second-order valence-electron chi connectivity index (χ2n) is 6.24. The number of hydrogen-bond donors (Lipinski definition) is 2. The van der Waals surface area contributed by atoms with Gasteiger partial charge in [0, 0.05) is 5.56 Å². The maximum atomic E-state index is 14.1. The Morgan fingerprint density at radius 3 is 2.86 bits per heavy atom. The van der Waals surface area contributed by atoms with Crippen LogP contribution in [-0.4, -0.2) is 29.8 Å². The van der Waals surface area contributed by atoms with E-state index < -0.39 is 21.4 Å². The highest BCUT2D eigenvalue weighted by Gasteiger charge is 2.20. The molecule has 0 radical (unpaired) electrons. The lowest BCUT2D eigenvalue weighted by atomic mass is 10.2. The molecule has 150 valence electrons. The van der Waals surface area contributed by atoms with Crippen molar-refractivity contribution in [2.75, 3.05) is 0 Å². The molecule has 3 aromatic rings. The molecule has 0 saturated carbocycles. The SMILES string of the molecule is C\C(=C/C=C\C=N\O)c1nc2cc(S(=O)(=O)Cc3cccc(Cl)c3F)ccc2[nH]1. The first kappa shape index (κ1) is 20.8. The molecule has 0 spiro atoms. The Kier molecular flexibility index (Phi) is 6.14. The van der Waals surface area contributed by atoms with Gasteiger partial charge >= 0.3 is 0 Å². The third-order valence-corrected chi connectivity index (χ3v) is 6.13. The summed E-state index contributed by atoms with van der Waals surface area (Å²) in [6.07, 6.45) is 6.21. The normalized spacial score (nSPS) is 13.1. The second-order valence-corrected chi connectivity index (χ2v) is 8.63. The van der Waals surface area contributed by atoms with E-state index in [0.717, 1.165) is 5.57 Å². The van der Waals surface area contributed by atoms with Gasteiger partial charge in [0.15, 0.2) is 9.84 Å². The number of H-pyrrole nitrogens is 1. The molecule has 0 aliphatic heterocycles. The number of nitrogens with one attached hydrogen (secondary N) is 1. The van der Waals surface area contributed by atoms with Crippen LogP contribution in [0.2, 0.25) is 5.02 Å². The average molecular weight is 434 g/mol. The smallest absolute Gasteiger partial charge is 0.182 e. The molecule has 9 heteroatoms. The van der Waals surface area contributed by atoms with Crippen LogP contribution < -0.4 is 0 Å². The van der Waals surface area contributed by atoms with E-state index in [1.54, 1.807) is 24.3 Å². The Balaban J connectivity index is 1.92. The van der Waals surface area contributed by atoms with E-state index in [1.165, 1.54) is 36.5 Å². The number of benzene rings is 2. The summed E-state index contributed by atoms with van der Waals surface area (Å²) in [4.78, 5) is 7.58. The van der Waals surface area contributed by atoms with Crippen LogP contribution in [0.15, 0.2) is 64.7 Å². The zero-order valence-corrected chi connectivity index (χ0v) is 16.9. The van der Waals surface area contributed by atoms with E-state index in [9.17, 15) is 12.8 Å². The van der Waals surface area contributed by atoms with Gasteiger partial charge < -0.3 is 10.2 Å². The third-order valence-electron chi connectivity index (χ3n) is 4.17. The summed E-state index contributed by atoms with van der Waals surface area (Å²) in [6.45, 7) is 1.83. The van der Waals surface area contributed by atoms with Crippen LogP contribution in [0.25, 0.3) is 16.6 Å². The molecule has 29 heavy (non-hydrogen) atoms. The van der Waals surface area contributed by atoms with Crippen molar-refractivity contribution >= 4 is 44.3 Å². The Labute approximate surface area is 172 Å². The van der Waals surface area contributed by atoms with Crippen molar-refractivity contribution in [2.45, 2.75) is 17.6 Å². The maximum absolute atomic E-state index is 14.1. The van der Waals surface area contributed by atoms with Crippen molar-refractivity contribution in [3.05, 3.63) is 76.9 Å². The zero-order valence-electron chi connectivity index (χ0n) is 15.3. The third kappa shape index (κ3) is 4.72. The van der Waals surface area contributed by atoms with Gasteiger partial charge in [-0.3, -0.25) is 0 Å². The van der Waals surface area contributed by atoms with Crippen molar-refractivity contribution in [1.82, 2.24) is 9.97 Å². The number of allylic oxidation sites excluding steroid dienone is 4. The topological polar surface area (TPSA) is 95.4 Å². The van der Waals surface area contributed by atoms with Crippen LogP contribution in [-0.2, 0) is 15.6 Å². The summed E-state index contributed by atoms with van der Waals surface area (Å²) in [6, 6.07) is 8.80. The van der Waals surface area contributed by atoms with Gasteiger partial charge in [0.05, 0.1) is 32.9 Å². The fourth-order valence-corrected chi connectivity index (χ4v) is 4.24. The van der Waals surface area contributed by atoms with Gasteiger partial charge in [0.1, 0.15) is 11.6 Å². The molecule has 0 fully saturated rings. The van der Waals surface area contributed by atoms with Crippen LogP contribution >= 0.6 is 11.6 Å². The predicted octanol–water partition coefficient (Wildman–Crippen LogP) is 4.75. The molecule has 0 atom stereocenters. The number of oxime groups is 1. The summed E-state index contributed by atoms with van der Waals surface area (Å²) in [5.74, 6) is -0.667. The molecule has 0 amide bonds. The fourth-order valence-electron chi connectivity index (χ4n) is 2.68. The number of aromatic amines is 1. The molecule has 1 aromatic heterocycles. The van der Waals surface area contributed by atoms with Crippen molar-refractivity contribution in [2.24, 2.45) is 5.16 Å². The first-order chi connectivity index (χ1) is 13.8. The van der Waals surface area contributed by atoms with Crippen LogP contribution in [0.5, 0.6) is 0 Å². The number of nitrogens with zero attached hydrogens (tertiary/aromatic N) is 2. The highest BCUT2D eigenvalue weighted by Crippen LogP contribution is 2.25. The molecule has 0 bridgehead atoms. The predicted molar refractivity (Wildman–Crippen MR) is 111 cm³/mol. The highest BCUT2D eigenvalue weighted by atomic mass is 35.5. The summed E-state index contributed by atoms with van der Waals surface area (Å²) in [5, 5.41) is 11.1. The van der Waals surface area contributed by atoms with E-state index in [1.807, 2.05) is 6.92 Å². The van der Waals surface area contributed by atoms with E-state index in [0.29, 0.717) is 16.9 Å². The number of imidazole rings is 1. The van der Waals surface area contributed by atoms with Gasteiger partial charge in [-0.05, 0) is 42.8 Å². The Hall–Kier alpha value is -2.97. The monoisotopic (exact) mass is 433 g/mol. The number of halogens is 2. The average Bonchev–Trinajstić information content (AvgIpc) is 3.12. The molecule has 0 aliphatic rings.